The van der Waals surface area contributed by atoms with Gasteiger partial charge in [0.15, 0.2) is 5.78 Å². The van der Waals surface area contributed by atoms with E-state index < -0.39 is 0 Å². The van der Waals surface area contributed by atoms with Crippen LogP contribution in [-0.2, 0) is 0 Å². The fourth-order valence-electron chi connectivity index (χ4n) is 2.18. The topological polar surface area (TPSA) is 70.2 Å². The summed E-state index contributed by atoms with van der Waals surface area (Å²) in [4.78, 5) is 26.8. The number of phenols is 1. The van der Waals surface area contributed by atoms with E-state index in [-0.39, 0.29) is 17.1 Å². The SMILES string of the molecule is O=C(/C=C/c1cc2ccccc2[nH]c1=O)c1ccc(O)cc1. The quantitative estimate of drug-likeness (QED) is 0.575. The van der Waals surface area contributed by atoms with Crippen LogP contribution in [0.3, 0.4) is 0 Å². The van der Waals surface area contributed by atoms with Gasteiger partial charge in [-0.05, 0) is 53.9 Å². The van der Waals surface area contributed by atoms with Crippen LogP contribution in [0.15, 0.2) is 65.5 Å². The summed E-state index contributed by atoms with van der Waals surface area (Å²) in [6.07, 6.45) is 2.85. The Bertz CT molecular complexity index is 921. The molecular formula is C18H13NO3. The zero-order valence-corrected chi connectivity index (χ0v) is 11.6. The van der Waals surface area contributed by atoms with Gasteiger partial charge in [-0.1, -0.05) is 18.2 Å². The number of aromatic amines is 1. The molecule has 0 spiro atoms. The molecule has 0 saturated carbocycles. The van der Waals surface area contributed by atoms with E-state index in [2.05, 4.69) is 4.98 Å². The summed E-state index contributed by atoms with van der Waals surface area (Å²) in [5.74, 6) is -0.126. The molecular weight excluding hydrogens is 278 g/mol. The molecule has 0 amide bonds. The van der Waals surface area contributed by atoms with Crippen molar-refractivity contribution < 1.29 is 9.90 Å². The van der Waals surface area contributed by atoms with Gasteiger partial charge >= 0.3 is 0 Å². The summed E-state index contributed by atoms with van der Waals surface area (Å²) < 4.78 is 0. The maximum Gasteiger partial charge on any atom is 0.255 e. The molecule has 0 atom stereocenters. The minimum Gasteiger partial charge on any atom is -0.508 e. The Labute approximate surface area is 126 Å². The lowest BCUT2D eigenvalue weighted by Gasteiger charge is -1.99. The van der Waals surface area contributed by atoms with Crippen LogP contribution in [0.4, 0.5) is 0 Å². The Kier molecular flexibility index (Phi) is 3.58. The summed E-state index contributed by atoms with van der Waals surface area (Å²) in [6, 6.07) is 15.2. The van der Waals surface area contributed by atoms with Crippen molar-refractivity contribution >= 4 is 22.8 Å². The van der Waals surface area contributed by atoms with Crippen molar-refractivity contribution in [3.8, 4) is 5.75 Å². The Hall–Kier alpha value is -3.14. The molecule has 0 aliphatic heterocycles. The first-order chi connectivity index (χ1) is 10.6. The van der Waals surface area contributed by atoms with E-state index in [1.807, 2.05) is 24.3 Å². The summed E-state index contributed by atoms with van der Waals surface area (Å²) in [6.45, 7) is 0. The molecule has 108 valence electrons. The number of H-pyrrole nitrogens is 1. The van der Waals surface area contributed by atoms with Crippen molar-refractivity contribution in [3.05, 3.63) is 82.2 Å². The number of allylic oxidation sites excluding steroid dienone is 1. The van der Waals surface area contributed by atoms with Gasteiger partial charge < -0.3 is 10.1 Å². The number of fused-ring (bicyclic) bond motifs is 1. The molecule has 0 bridgehead atoms. The van der Waals surface area contributed by atoms with E-state index in [1.165, 1.54) is 36.4 Å². The number of hydrogen-bond acceptors (Lipinski definition) is 3. The van der Waals surface area contributed by atoms with Crippen LogP contribution >= 0.6 is 0 Å². The van der Waals surface area contributed by atoms with Gasteiger partial charge in [-0.2, -0.15) is 0 Å². The zero-order valence-electron chi connectivity index (χ0n) is 11.6. The molecule has 4 heteroatoms. The average Bonchev–Trinajstić information content (AvgIpc) is 2.53. The normalized spacial score (nSPS) is 11.1. The second-order valence-electron chi connectivity index (χ2n) is 4.89. The number of pyridine rings is 1. The van der Waals surface area contributed by atoms with Gasteiger partial charge in [-0.15, -0.1) is 0 Å². The molecule has 1 aromatic heterocycles. The number of carbonyl (C=O) groups is 1. The van der Waals surface area contributed by atoms with Gasteiger partial charge in [0.25, 0.3) is 5.56 Å². The Morgan fingerprint density at radius 1 is 1.05 bits per heavy atom. The largest absolute Gasteiger partial charge is 0.508 e. The van der Waals surface area contributed by atoms with Crippen molar-refractivity contribution in [2.24, 2.45) is 0 Å². The first kappa shape index (κ1) is 13.8. The number of carbonyl (C=O) groups excluding carboxylic acids is 1. The number of aromatic hydroxyl groups is 1. The highest BCUT2D eigenvalue weighted by Crippen LogP contribution is 2.13. The smallest absolute Gasteiger partial charge is 0.255 e. The third-order valence-corrected chi connectivity index (χ3v) is 3.35. The van der Waals surface area contributed by atoms with E-state index in [9.17, 15) is 14.7 Å². The van der Waals surface area contributed by atoms with Gasteiger partial charge in [-0.25, -0.2) is 0 Å². The van der Waals surface area contributed by atoms with Gasteiger partial charge in [-0.3, -0.25) is 9.59 Å². The van der Waals surface area contributed by atoms with E-state index in [1.54, 1.807) is 6.07 Å². The second-order valence-corrected chi connectivity index (χ2v) is 4.89. The number of ketones is 1. The first-order valence-electron chi connectivity index (χ1n) is 6.77. The highest BCUT2D eigenvalue weighted by Gasteiger charge is 2.03. The summed E-state index contributed by atoms with van der Waals surface area (Å²) in [5.41, 5.74) is 1.39. The summed E-state index contributed by atoms with van der Waals surface area (Å²) in [5, 5.41) is 10.1. The van der Waals surface area contributed by atoms with Crippen LogP contribution in [0.25, 0.3) is 17.0 Å². The maximum atomic E-state index is 12.0. The number of para-hydroxylation sites is 1. The Balaban J connectivity index is 1.92. The van der Waals surface area contributed by atoms with E-state index in [4.69, 9.17) is 0 Å². The predicted molar refractivity (Wildman–Crippen MR) is 86.0 cm³/mol. The number of benzene rings is 2. The van der Waals surface area contributed by atoms with E-state index in [0.29, 0.717) is 11.1 Å². The first-order valence-corrected chi connectivity index (χ1v) is 6.77. The van der Waals surface area contributed by atoms with Crippen molar-refractivity contribution in [1.82, 2.24) is 4.98 Å². The Morgan fingerprint density at radius 2 is 1.77 bits per heavy atom. The van der Waals surface area contributed by atoms with Gasteiger partial charge in [0, 0.05) is 16.6 Å². The minimum absolute atomic E-state index is 0.103. The van der Waals surface area contributed by atoms with Crippen LogP contribution in [0.5, 0.6) is 5.75 Å². The number of phenolic OH excluding ortho intramolecular Hbond substituents is 1. The van der Waals surface area contributed by atoms with Crippen LogP contribution in [0.2, 0.25) is 0 Å². The van der Waals surface area contributed by atoms with Crippen molar-refractivity contribution in [2.45, 2.75) is 0 Å². The molecule has 3 rings (SSSR count). The molecule has 0 saturated heterocycles. The Morgan fingerprint density at radius 3 is 2.55 bits per heavy atom. The van der Waals surface area contributed by atoms with Crippen molar-refractivity contribution in [2.75, 3.05) is 0 Å². The third-order valence-electron chi connectivity index (χ3n) is 3.35. The zero-order chi connectivity index (χ0) is 15.5. The van der Waals surface area contributed by atoms with E-state index in [0.717, 1.165) is 10.9 Å². The molecule has 1 heterocycles. The average molecular weight is 291 g/mol. The van der Waals surface area contributed by atoms with E-state index >= 15 is 0 Å². The molecule has 2 aromatic carbocycles. The second kappa shape index (κ2) is 5.69. The molecule has 22 heavy (non-hydrogen) atoms. The number of aromatic nitrogens is 1. The molecule has 0 fully saturated rings. The lowest BCUT2D eigenvalue weighted by atomic mass is 10.1. The molecule has 0 aliphatic carbocycles. The van der Waals surface area contributed by atoms with Crippen LogP contribution in [0, 0.1) is 0 Å². The monoisotopic (exact) mass is 291 g/mol. The fraction of sp³-hybridized carbons (Fsp3) is 0. The van der Waals surface area contributed by atoms with Crippen molar-refractivity contribution in [1.29, 1.82) is 0 Å². The van der Waals surface area contributed by atoms with Gasteiger partial charge in [0.2, 0.25) is 0 Å². The van der Waals surface area contributed by atoms with Crippen LogP contribution < -0.4 is 5.56 Å². The number of nitrogens with one attached hydrogen (secondary N) is 1. The minimum atomic E-state index is -0.242. The molecule has 3 aromatic rings. The van der Waals surface area contributed by atoms with Gasteiger partial charge in [0.1, 0.15) is 5.75 Å². The number of rotatable bonds is 3. The maximum absolute atomic E-state index is 12.0. The number of hydrogen-bond donors (Lipinski definition) is 2. The van der Waals surface area contributed by atoms with Crippen LogP contribution in [0.1, 0.15) is 15.9 Å². The van der Waals surface area contributed by atoms with Crippen molar-refractivity contribution in [3.63, 3.8) is 0 Å². The summed E-state index contributed by atoms with van der Waals surface area (Å²) >= 11 is 0. The molecule has 0 unspecified atom stereocenters. The molecule has 4 nitrogen and oxygen atoms in total. The van der Waals surface area contributed by atoms with Gasteiger partial charge in [0.05, 0.1) is 0 Å². The highest BCUT2D eigenvalue weighted by atomic mass is 16.3. The lowest BCUT2D eigenvalue weighted by molar-refractivity contribution is 0.104. The molecule has 0 aliphatic rings. The predicted octanol–water partition coefficient (Wildman–Crippen LogP) is 3.13. The van der Waals surface area contributed by atoms with Crippen LogP contribution in [-0.4, -0.2) is 15.9 Å². The third kappa shape index (κ3) is 2.81. The fourth-order valence-corrected chi connectivity index (χ4v) is 2.18. The summed E-state index contributed by atoms with van der Waals surface area (Å²) in [7, 11) is 0. The molecule has 0 radical (unpaired) electrons. The standard InChI is InChI=1S/C18H13NO3/c20-15-8-5-12(6-9-15)17(21)10-7-14-11-13-3-1-2-4-16(13)19-18(14)22/h1-11,20H,(H,19,22)/b10-7+. The molecule has 2 N–H and O–H groups in total. The lowest BCUT2D eigenvalue weighted by Crippen LogP contribution is -2.09. The highest BCUT2D eigenvalue weighted by molar-refractivity contribution is 6.07.